The molecule has 0 aliphatic carbocycles. The first kappa shape index (κ1) is 13.0. The van der Waals surface area contributed by atoms with Crippen LogP contribution in [0, 0.1) is 0 Å². The van der Waals surface area contributed by atoms with Crippen molar-refractivity contribution in [2.75, 3.05) is 13.2 Å². The number of hydrogen-bond acceptors (Lipinski definition) is 2. The van der Waals surface area contributed by atoms with Crippen LogP contribution in [-0.4, -0.2) is 28.0 Å². The molecule has 6 heteroatoms. The first-order chi connectivity index (χ1) is 5.95. The van der Waals surface area contributed by atoms with Crippen LogP contribution in [0.5, 0.6) is 0 Å². The molecule has 0 aromatic carbocycles. The van der Waals surface area contributed by atoms with Gasteiger partial charge in [0.15, 0.2) is 0 Å². The van der Waals surface area contributed by atoms with E-state index in [1.807, 2.05) is 0 Å². The van der Waals surface area contributed by atoms with Crippen LogP contribution in [0.4, 0.5) is 0 Å². The van der Waals surface area contributed by atoms with Crippen LogP contribution in [0.2, 0.25) is 0 Å². The van der Waals surface area contributed by atoms with E-state index in [0.29, 0.717) is 6.42 Å². The molecule has 0 bridgehead atoms. The fourth-order valence-corrected chi connectivity index (χ4v) is 1.68. The number of rotatable bonds is 6. The Labute approximate surface area is 83.9 Å². The molecule has 4 nitrogen and oxygen atoms in total. The van der Waals surface area contributed by atoms with Crippen molar-refractivity contribution in [3.05, 3.63) is 0 Å². The second-order valence-electron chi connectivity index (χ2n) is 2.87. The lowest BCUT2D eigenvalue weighted by molar-refractivity contribution is 0.371. The Hall–Kier alpha value is 0.0400. The molecule has 0 aliphatic rings. The number of hydrogen-bond donors (Lipinski definition) is 3. The van der Waals surface area contributed by atoms with Gasteiger partial charge in [-0.15, -0.1) is 0 Å². The number of thiocarbonyl (C=S) groups is 1. The molecule has 0 saturated carbocycles. The highest BCUT2D eigenvalue weighted by Crippen LogP contribution is 2.35. The second kappa shape index (κ2) is 6.49. The van der Waals surface area contributed by atoms with Crippen molar-refractivity contribution < 1.29 is 14.4 Å². The van der Waals surface area contributed by atoms with Gasteiger partial charge in [0.1, 0.15) is 0 Å². The molecule has 13 heavy (non-hydrogen) atoms. The maximum absolute atomic E-state index is 10.4. The first-order valence-electron chi connectivity index (χ1n) is 4.21. The summed E-state index contributed by atoms with van der Waals surface area (Å²) in [5.41, 5.74) is 0. The molecule has 0 amide bonds. The van der Waals surface area contributed by atoms with Gasteiger partial charge in [0.2, 0.25) is 0 Å². The van der Waals surface area contributed by atoms with Crippen molar-refractivity contribution in [2.24, 2.45) is 0 Å². The highest BCUT2D eigenvalue weighted by molar-refractivity contribution is 7.80. The van der Waals surface area contributed by atoms with E-state index in [9.17, 15) is 4.57 Å². The quantitative estimate of drug-likeness (QED) is 0.361. The molecule has 0 radical (unpaired) electrons. The van der Waals surface area contributed by atoms with E-state index in [2.05, 4.69) is 5.32 Å². The standard InChI is InChI=1S/C7H16NO3PS/c1-8-7(13)5-3-2-4-6-12(9,10)11/h2-6H2,1H3,(H,8,13)(H2,9,10,11). The molecule has 0 aliphatic heterocycles. The zero-order chi connectivity index (χ0) is 10.3. The van der Waals surface area contributed by atoms with Gasteiger partial charge >= 0.3 is 7.60 Å². The van der Waals surface area contributed by atoms with Crippen LogP contribution in [-0.2, 0) is 4.57 Å². The first-order valence-corrected chi connectivity index (χ1v) is 6.41. The SMILES string of the molecule is CNC(=S)CCCCCP(=O)(O)O. The Bertz CT molecular complexity index is 204. The summed E-state index contributed by atoms with van der Waals surface area (Å²) in [4.78, 5) is 17.9. The third kappa shape index (κ3) is 9.96. The van der Waals surface area contributed by atoms with Crippen molar-refractivity contribution in [1.29, 1.82) is 0 Å². The molecule has 3 N–H and O–H groups in total. The van der Waals surface area contributed by atoms with E-state index in [1.54, 1.807) is 7.05 Å². The lowest BCUT2D eigenvalue weighted by atomic mass is 10.2. The summed E-state index contributed by atoms with van der Waals surface area (Å²) >= 11 is 4.91. The van der Waals surface area contributed by atoms with E-state index in [1.165, 1.54) is 0 Å². The summed E-state index contributed by atoms with van der Waals surface area (Å²) in [6, 6.07) is 0. The lowest BCUT2D eigenvalue weighted by Gasteiger charge is -2.04. The van der Waals surface area contributed by atoms with Crippen molar-refractivity contribution in [1.82, 2.24) is 5.32 Å². The summed E-state index contributed by atoms with van der Waals surface area (Å²) in [5, 5.41) is 2.85. The lowest BCUT2D eigenvalue weighted by Crippen LogP contribution is -2.14. The minimum atomic E-state index is -3.79. The van der Waals surface area contributed by atoms with E-state index in [4.69, 9.17) is 22.0 Å². The average molecular weight is 225 g/mol. The molecule has 0 fully saturated rings. The molecular weight excluding hydrogens is 209 g/mol. The Balaban J connectivity index is 3.27. The molecule has 0 unspecified atom stereocenters. The van der Waals surface area contributed by atoms with Crippen LogP contribution >= 0.6 is 19.8 Å². The Morgan fingerprint density at radius 2 is 2.00 bits per heavy atom. The van der Waals surface area contributed by atoms with Crippen LogP contribution in [0.1, 0.15) is 25.7 Å². The monoisotopic (exact) mass is 225 g/mol. The minimum absolute atomic E-state index is 0.0146. The van der Waals surface area contributed by atoms with E-state index < -0.39 is 7.60 Å². The summed E-state index contributed by atoms with van der Waals surface area (Å²) in [6.07, 6.45) is 3.05. The molecule has 0 rings (SSSR count). The van der Waals surface area contributed by atoms with Gasteiger partial charge in [0, 0.05) is 13.2 Å². The predicted octanol–water partition coefficient (Wildman–Crippen LogP) is 1.27. The second-order valence-corrected chi connectivity index (χ2v) is 5.14. The summed E-state index contributed by atoms with van der Waals surface area (Å²) < 4.78 is 10.4. The smallest absolute Gasteiger partial charge is 0.325 e. The Morgan fingerprint density at radius 1 is 1.38 bits per heavy atom. The van der Waals surface area contributed by atoms with Crippen molar-refractivity contribution >= 4 is 24.8 Å². The maximum atomic E-state index is 10.4. The zero-order valence-corrected chi connectivity index (χ0v) is 9.40. The number of nitrogens with one attached hydrogen (secondary N) is 1. The van der Waals surface area contributed by atoms with Gasteiger partial charge < -0.3 is 15.1 Å². The molecule has 0 saturated heterocycles. The van der Waals surface area contributed by atoms with Crippen molar-refractivity contribution in [3.63, 3.8) is 0 Å². The maximum Gasteiger partial charge on any atom is 0.325 e. The largest absolute Gasteiger partial charge is 0.383 e. The third-order valence-electron chi connectivity index (χ3n) is 1.63. The van der Waals surface area contributed by atoms with Gasteiger partial charge in [-0.1, -0.05) is 18.6 Å². The van der Waals surface area contributed by atoms with Crippen LogP contribution in [0.15, 0.2) is 0 Å². The molecule has 0 aromatic rings. The van der Waals surface area contributed by atoms with Gasteiger partial charge in [0.05, 0.1) is 4.99 Å². The van der Waals surface area contributed by atoms with Gasteiger partial charge in [-0.2, -0.15) is 0 Å². The van der Waals surface area contributed by atoms with Crippen LogP contribution in [0.25, 0.3) is 0 Å². The fourth-order valence-electron chi connectivity index (χ4n) is 0.905. The fraction of sp³-hybridized carbons (Fsp3) is 0.857. The van der Waals surface area contributed by atoms with E-state index in [0.717, 1.165) is 24.3 Å². The Morgan fingerprint density at radius 3 is 2.46 bits per heavy atom. The van der Waals surface area contributed by atoms with Gasteiger partial charge in [0.25, 0.3) is 0 Å². The molecule has 0 atom stereocenters. The molecule has 0 aromatic heterocycles. The molecule has 78 valence electrons. The number of unbranched alkanes of at least 4 members (excludes halogenated alkanes) is 2. The summed E-state index contributed by atoms with van der Waals surface area (Å²) in [5.74, 6) is 0. The van der Waals surface area contributed by atoms with Crippen molar-refractivity contribution in [3.8, 4) is 0 Å². The normalized spacial score (nSPS) is 11.3. The summed E-state index contributed by atoms with van der Waals surface area (Å²) in [7, 11) is -2.01. The third-order valence-corrected chi connectivity index (χ3v) is 2.94. The van der Waals surface area contributed by atoms with Crippen LogP contribution in [0.3, 0.4) is 0 Å². The highest BCUT2D eigenvalue weighted by Gasteiger charge is 2.10. The molecular formula is C7H16NO3PS. The predicted molar refractivity (Wildman–Crippen MR) is 57.0 cm³/mol. The van der Waals surface area contributed by atoms with Gasteiger partial charge in [-0.3, -0.25) is 4.57 Å². The minimum Gasteiger partial charge on any atom is -0.383 e. The topological polar surface area (TPSA) is 69.6 Å². The summed E-state index contributed by atoms with van der Waals surface area (Å²) in [6.45, 7) is 0. The Kier molecular flexibility index (Phi) is 6.51. The van der Waals surface area contributed by atoms with E-state index >= 15 is 0 Å². The van der Waals surface area contributed by atoms with E-state index in [-0.39, 0.29) is 6.16 Å². The highest BCUT2D eigenvalue weighted by atomic mass is 32.1. The van der Waals surface area contributed by atoms with Crippen molar-refractivity contribution in [2.45, 2.75) is 25.7 Å². The molecule has 0 spiro atoms. The van der Waals surface area contributed by atoms with Gasteiger partial charge in [-0.25, -0.2) is 0 Å². The molecule has 0 heterocycles. The van der Waals surface area contributed by atoms with Crippen LogP contribution < -0.4 is 5.32 Å². The zero-order valence-electron chi connectivity index (χ0n) is 7.69. The van der Waals surface area contributed by atoms with Gasteiger partial charge in [-0.05, 0) is 19.3 Å². The average Bonchev–Trinajstić information content (AvgIpc) is 2.01.